The summed E-state index contributed by atoms with van der Waals surface area (Å²) < 4.78 is 0. The number of amides is 2. The van der Waals surface area contributed by atoms with Gasteiger partial charge in [0.2, 0.25) is 5.91 Å². The predicted octanol–water partition coefficient (Wildman–Crippen LogP) is 0.900. The van der Waals surface area contributed by atoms with Crippen LogP contribution in [0.4, 0.5) is 0 Å². The number of carbonyl (C=O) groups excluding carboxylic acids is 2. The molecule has 122 valence electrons. The number of aromatic amines is 1. The fourth-order valence-electron chi connectivity index (χ4n) is 2.25. The van der Waals surface area contributed by atoms with E-state index in [0.29, 0.717) is 31.5 Å². The molecule has 2 amide bonds. The number of hydrogen-bond acceptors (Lipinski definition) is 4. The Balaban J connectivity index is 1.64. The first-order valence-electron chi connectivity index (χ1n) is 7.53. The van der Waals surface area contributed by atoms with Gasteiger partial charge < -0.3 is 10.6 Å². The number of nitrogens with one attached hydrogen (secondary N) is 3. The van der Waals surface area contributed by atoms with Gasteiger partial charge in [-0.05, 0) is 38.0 Å². The molecule has 0 unspecified atom stereocenters. The SMILES string of the molecule is Cc1n[nH]c(C)c1CCC(=O)NCCNC(=O)c1cccnc1. The van der Waals surface area contributed by atoms with Crippen molar-refractivity contribution in [2.24, 2.45) is 0 Å². The second kappa shape index (κ2) is 8.07. The van der Waals surface area contributed by atoms with Gasteiger partial charge in [-0.25, -0.2) is 0 Å². The van der Waals surface area contributed by atoms with E-state index in [1.807, 2.05) is 13.8 Å². The molecule has 0 saturated carbocycles. The minimum Gasteiger partial charge on any atom is -0.354 e. The van der Waals surface area contributed by atoms with Crippen LogP contribution in [0.3, 0.4) is 0 Å². The zero-order valence-corrected chi connectivity index (χ0v) is 13.3. The number of nitrogens with zero attached hydrogens (tertiary/aromatic N) is 2. The Bertz CT molecular complexity index is 647. The lowest BCUT2D eigenvalue weighted by molar-refractivity contribution is -0.121. The Kier molecular flexibility index (Phi) is 5.85. The fraction of sp³-hybridized carbons (Fsp3) is 0.375. The number of rotatable bonds is 7. The maximum atomic E-state index is 11.8. The van der Waals surface area contributed by atoms with Gasteiger partial charge in [0.1, 0.15) is 0 Å². The summed E-state index contributed by atoms with van der Waals surface area (Å²) in [7, 11) is 0. The molecule has 0 radical (unpaired) electrons. The zero-order valence-electron chi connectivity index (χ0n) is 13.3. The van der Waals surface area contributed by atoms with E-state index in [4.69, 9.17) is 0 Å². The normalized spacial score (nSPS) is 10.3. The highest BCUT2D eigenvalue weighted by Gasteiger charge is 2.09. The summed E-state index contributed by atoms with van der Waals surface area (Å²) in [5.74, 6) is -0.238. The van der Waals surface area contributed by atoms with Crippen molar-refractivity contribution < 1.29 is 9.59 Å². The fourth-order valence-corrected chi connectivity index (χ4v) is 2.25. The first-order chi connectivity index (χ1) is 11.1. The van der Waals surface area contributed by atoms with Gasteiger partial charge in [0.15, 0.2) is 0 Å². The van der Waals surface area contributed by atoms with E-state index in [1.54, 1.807) is 18.3 Å². The van der Waals surface area contributed by atoms with Gasteiger partial charge in [-0.1, -0.05) is 0 Å². The molecule has 0 atom stereocenters. The van der Waals surface area contributed by atoms with Crippen molar-refractivity contribution in [3.8, 4) is 0 Å². The van der Waals surface area contributed by atoms with Crippen LogP contribution in [-0.4, -0.2) is 40.1 Å². The molecule has 0 aromatic carbocycles. The van der Waals surface area contributed by atoms with Gasteiger partial charge in [0.25, 0.3) is 5.91 Å². The molecule has 0 aliphatic carbocycles. The highest BCUT2D eigenvalue weighted by molar-refractivity contribution is 5.93. The molecular formula is C16H21N5O2. The molecule has 0 bridgehead atoms. The van der Waals surface area contributed by atoms with Crippen LogP contribution in [0.2, 0.25) is 0 Å². The van der Waals surface area contributed by atoms with Crippen molar-refractivity contribution in [1.29, 1.82) is 0 Å². The second-order valence-electron chi connectivity index (χ2n) is 5.26. The molecule has 23 heavy (non-hydrogen) atoms. The minimum atomic E-state index is -0.197. The van der Waals surface area contributed by atoms with E-state index in [0.717, 1.165) is 17.0 Å². The first-order valence-corrected chi connectivity index (χ1v) is 7.53. The molecule has 0 spiro atoms. The smallest absolute Gasteiger partial charge is 0.252 e. The van der Waals surface area contributed by atoms with Crippen LogP contribution in [0.15, 0.2) is 24.5 Å². The van der Waals surface area contributed by atoms with Gasteiger partial charge >= 0.3 is 0 Å². The van der Waals surface area contributed by atoms with E-state index in [2.05, 4.69) is 25.8 Å². The van der Waals surface area contributed by atoms with Gasteiger partial charge in [-0.3, -0.25) is 19.7 Å². The highest BCUT2D eigenvalue weighted by atomic mass is 16.2. The summed E-state index contributed by atoms with van der Waals surface area (Å²) in [5, 5.41) is 12.5. The van der Waals surface area contributed by atoms with Crippen molar-refractivity contribution in [3.05, 3.63) is 47.0 Å². The molecule has 0 aliphatic heterocycles. The monoisotopic (exact) mass is 315 g/mol. The highest BCUT2D eigenvalue weighted by Crippen LogP contribution is 2.11. The molecule has 2 aromatic rings. The summed E-state index contributed by atoms with van der Waals surface area (Å²) in [6.45, 7) is 4.64. The molecule has 2 aromatic heterocycles. The molecule has 0 saturated heterocycles. The third kappa shape index (κ3) is 4.91. The quantitative estimate of drug-likeness (QED) is 0.661. The number of aryl methyl sites for hydroxylation is 2. The first kappa shape index (κ1) is 16.7. The summed E-state index contributed by atoms with van der Waals surface area (Å²) in [6, 6.07) is 3.40. The van der Waals surface area contributed by atoms with Crippen LogP contribution >= 0.6 is 0 Å². The molecule has 7 nitrogen and oxygen atoms in total. The molecule has 7 heteroatoms. The van der Waals surface area contributed by atoms with Crippen LogP contribution in [0.25, 0.3) is 0 Å². The van der Waals surface area contributed by atoms with Gasteiger partial charge in [-0.2, -0.15) is 5.10 Å². The minimum absolute atomic E-state index is 0.0411. The third-order valence-corrected chi connectivity index (χ3v) is 3.54. The van der Waals surface area contributed by atoms with E-state index in [1.165, 1.54) is 6.20 Å². The average molecular weight is 315 g/mol. The van der Waals surface area contributed by atoms with Gasteiger partial charge in [-0.15, -0.1) is 0 Å². The molecule has 2 heterocycles. The van der Waals surface area contributed by atoms with Gasteiger partial charge in [0.05, 0.1) is 11.3 Å². The average Bonchev–Trinajstić information content (AvgIpc) is 2.88. The van der Waals surface area contributed by atoms with Crippen LogP contribution in [-0.2, 0) is 11.2 Å². The number of hydrogen-bond donors (Lipinski definition) is 3. The number of H-pyrrole nitrogens is 1. The summed E-state index contributed by atoms with van der Waals surface area (Å²) in [6.07, 6.45) is 4.17. The topological polar surface area (TPSA) is 99.8 Å². The van der Waals surface area contributed by atoms with E-state index in [-0.39, 0.29) is 11.8 Å². The Hall–Kier alpha value is -2.70. The van der Waals surface area contributed by atoms with Crippen LogP contribution < -0.4 is 10.6 Å². The van der Waals surface area contributed by atoms with Gasteiger partial charge in [0, 0.05) is 37.6 Å². The number of carbonyl (C=O) groups is 2. The van der Waals surface area contributed by atoms with E-state index in [9.17, 15) is 9.59 Å². The maximum Gasteiger partial charge on any atom is 0.252 e. The zero-order chi connectivity index (χ0) is 16.7. The van der Waals surface area contributed by atoms with E-state index < -0.39 is 0 Å². The van der Waals surface area contributed by atoms with Crippen molar-refractivity contribution in [3.63, 3.8) is 0 Å². The Morgan fingerprint density at radius 1 is 1.22 bits per heavy atom. The predicted molar refractivity (Wildman–Crippen MR) is 86.0 cm³/mol. The summed E-state index contributed by atoms with van der Waals surface area (Å²) in [4.78, 5) is 27.5. The van der Waals surface area contributed by atoms with Crippen molar-refractivity contribution >= 4 is 11.8 Å². The van der Waals surface area contributed by atoms with Crippen LogP contribution in [0, 0.1) is 13.8 Å². The third-order valence-electron chi connectivity index (χ3n) is 3.54. The largest absolute Gasteiger partial charge is 0.354 e. The lowest BCUT2D eigenvalue weighted by Crippen LogP contribution is -2.34. The molecule has 0 fully saturated rings. The molecule has 2 rings (SSSR count). The summed E-state index contributed by atoms with van der Waals surface area (Å²) in [5.41, 5.74) is 3.52. The van der Waals surface area contributed by atoms with Crippen LogP contribution in [0.5, 0.6) is 0 Å². The Labute approximate surface area is 134 Å². The van der Waals surface area contributed by atoms with E-state index >= 15 is 0 Å². The summed E-state index contributed by atoms with van der Waals surface area (Å²) >= 11 is 0. The second-order valence-corrected chi connectivity index (χ2v) is 5.26. The van der Waals surface area contributed by atoms with Crippen molar-refractivity contribution in [1.82, 2.24) is 25.8 Å². The molecule has 0 aliphatic rings. The lowest BCUT2D eigenvalue weighted by Gasteiger charge is -2.07. The van der Waals surface area contributed by atoms with Crippen molar-refractivity contribution in [2.45, 2.75) is 26.7 Å². The van der Waals surface area contributed by atoms with Crippen LogP contribution in [0.1, 0.15) is 33.7 Å². The van der Waals surface area contributed by atoms with Crippen molar-refractivity contribution in [2.75, 3.05) is 13.1 Å². The maximum absolute atomic E-state index is 11.8. The lowest BCUT2D eigenvalue weighted by atomic mass is 10.1. The number of pyridine rings is 1. The molecular weight excluding hydrogens is 294 g/mol. The molecule has 3 N–H and O–H groups in total. The number of aromatic nitrogens is 3. The Morgan fingerprint density at radius 2 is 2.00 bits per heavy atom. The Morgan fingerprint density at radius 3 is 2.65 bits per heavy atom. The standard InChI is InChI=1S/C16H21N5O2/c1-11-14(12(2)21-20-11)5-6-15(22)18-8-9-19-16(23)13-4-3-7-17-10-13/h3-4,7,10H,5-6,8-9H2,1-2H3,(H,18,22)(H,19,23)(H,20,21).